The van der Waals surface area contributed by atoms with Crippen molar-refractivity contribution in [2.75, 3.05) is 4.90 Å². The fourth-order valence-electron chi connectivity index (χ4n) is 5.82. The molecule has 4 aromatic carbocycles. The topological polar surface area (TPSA) is 23.5 Å². The van der Waals surface area contributed by atoms with Gasteiger partial charge in [0.1, 0.15) is 5.75 Å². The number of anilines is 2. The SMILES string of the molecule is Oc1ccc(N2c3ccc(C=C(c4ccccc4)c4ccccc4)cc3C3CCCCC32)cc1. The van der Waals surface area contributed by atoms with Crippen LogP contribution in [-0.4, -0.2) is 11.1 Å². The first-order chi connectivity index (χ1) is 16.8. The van der Waals surface area contributed by atoms with E-state index in [1.54, 1.807) is 12.1 Å². The van der Waals surface area contributed by atoms with Gasteiger partial charge in [-0.25, -0.2) is 0 Å². The molecule has 34 heavy (non-hydrogen) atoms. The number of nitrogens with zero attached hydrogens (tertiary/aromatic N) is 1. The van der Waals surface area contributed by atoms with E-state index in [-0.39, 0.29) is 0 Å². The minimum absolute atomic E-state index is 0.318. The highest BCUT2D eigenvalue weighted by atomic mass is 16.3. The fourth-order valence-corrected chi connectivity index (χ4v) is 5.82. The highest BCUT2D eigenvalue weighted by Gasteiger charge is 2.40. The molecule has 1 N–H and O–H groups in total. The van der Waals surface area contributed by atoms with Gasteiger partial charge in [0.05, 0.1) is 0 Å². The third kappa shape index (κ3) is 3.80. The third-order valence-electron chi connectivity index (χ3n) is 7.38. The maximum Gasteiger partial charge on any atom is 0.115 e. The molecule has 6 rings (SSSR count). The van der Waals surface area contributed by atoms with E-state index in [1.165, 1.54) is 64.9 Å². The van der Waals surface area contributed by atoms with Gasteiger partial charge in [0.2, 0.25) is 0 Å². The molecule has 0 saturated heterocycles. The second kappa shape index (κ2) is 8.87. The van der Waals surface area contributed by atoms with Crippen LogP contribution in [0.25, 0.3) is 11.6 Å². The van der Waals surface area contributed by atoms with Crippen molar-refractivity contribution < 1.29 is 5.11 Å². The molecular formula is C32H29NO. The minimum Gasteiger partial charge on any atom is -0.508 e. The summed E-state index contributed by atoms with van der Waals surface area (Å²) in [6, 6.07) is 36.5. The van der Waals surface area contributed by atoms with Crippen LogP contribution in [0.4, 0.5) is 11.4 Å². The van der Waals surface area contributed by atoms with E-state index >= 15 is 0 Å². The molecule has 0 amide bonds. The maximum atomic E-state index is 9.81. The zero-order chi connectivity index (χ0) is 22.9. The van der Waals surface area contributed by atoms with Crippen LogP contribution >= 0.6 is 0 Å². The van der Waals surface area contributed by atoms with Gasteiger partial charge < -0.3 is 10.0 Å². The number of hydrogen-bond acceptors (Lipinski definition) is 2. The molecule has 168 valence electrons. The number of phenols is 1. The minimum atomic E-state index is 0.318. The largest absolute Gasteiger partial charge is 0.508 e. The average Bonchev–Trinajstić information content (AvgIpc) is 3.22. The Kier molecular flexibility index (Phi) is 5.43. The fraction of sp³-hybridized carbons (Fsp3) is 0.188. The van der Waals surface area contributed by atoms with Crippen molar-refractivity contribution in [2.24, 2.45) is 0 Å². The molecule has 2 unspecified atom stereocenters. The Hall–Kier alpha value is -3.78. The summed E-state index contributed by atoms with van der Waals surface area (Å²) in [6.07, 6.45) is 7.37. The molecule has 2 atom stereocenters. The van der Waals surface area contributed by atoms with Gasteiger partial charge >= 0.3 is 0 Å². The molecule has 1 aliphatic heterocycles. The van der Waals surface area contributed by atoms with Crippen molar-refractivity contribution >= 4 is 23.0 Å². The highest BCUT2D eigenvalue weighted by Crippen LogP contribution is 2.51. The Balaban J connectivity index is 1.45. The lowest BCUT2D eigenvalue weighted by atomic mass is 9.82. The molecule has 0 radical (unpaired) electrons. The van der Waals surface area contributed by atoms with E-state index in [9.17, 15) is 5.11 Å². The molecule has 1 fully saturated rings. The van der Waals surface area contributed by atoms with E-state index < -0.39 is 0 Å². The summed E-state index contributed by atoms with van der Waals surface area (Å²) in [7, 11) is 0. The molecule has 2 aliphatic rings. The number of rotatable bonds is 4. The Bertz CT molecular complexity index is 1270. The van der Waals surface area contributed by atoms with Crippen molar-refractivity contribution in [3.63, 3.8) is 0 Å². The highest BCUT2D eigenvalue weighted by molar-refractivity contribution is 5.92. The zero-order valence-corrected chi connectivity index (χ0v) is 19.3. The van der Waals surface area contributed by atoms with Crippen LogP contribution < -0.4 is 4.90 Å². The first-order valence-corrected chi connectivity index (χ1v) is 12.3. The summed E-state index contributed by atoms with van der Waals surface area (Å²) in [4.78, 5) is 2.52. The Labute approximate surface area is 201 Å². The maximum absolute atomic E-state index is 9.81. The van der Waals surface area contributed by atoms with Gasteiger partial charge in [-0.3, -0.25) is 0 Å². The summed E-state index contributed by atoms with van der Waals surface area (Å²) in [5, 5.41) is 9.81. The van der Waals surface area contributed by atoms with Crippen molar-refractivity contribution in [1.29, 1.82) is 0 Å². The summed E-state index contributed by atoms with van der Waals surface area (Å²) in [6.45, 7) is 0. The van der Waals surface area contributed by atoms with E-state index in [1.807, 2.05) is 12.1 Å². The number of benzene rings is 4. The third-order valence-corrected chi connectivity index (χ3v) is 7.38. The van der Waals surface area contributed by atoms with Crippen LogP contribution in [0, 0.1) is 0 Å². The van der Waals surface area contributed by atoms with Gasteiger partial charge in [-0.1, -0.05) is 79.6 Å². The first kappa shape index (κ1) is 20.8. The van der Waals surface area contributed by atoms with Crippen molar-refractivity contribution in [1.82, 2.24) is 0 Å². The Morgan fingerprint density at radius 3 is 2.06 bits per heavy atom. The average molecular weight is 444 g/mol. The molecule has 1 saturated carbocycles. The number of fused-ring (bicyclic) bond motifs is 3. The van der Waals surface area contributed by atoms with Crippen LogP contribution in [0.1, 0.15) is 53.9 Å². The van der Waals surface area contributed by atoms with Crippen molar-refractivity contribution in [3.8, 4) is 5.75 Å². The molecule has 0 bridgehead atoms. The zero-order valence-electron chi connectivity index (χ0n) is 19.3. The lowest BCUT2D eigenvalue weighted by molar-refractivity contribution is 0.402. The van der Waals surface area contributed by atoms with Crippen LogP contribution in [0.3, 0.4) is 0 Å². The summed E-state index contributed by atoms with van der Waals surface area (Å²) in [5.74, 6) is 0.876. The summed E-state index contributed by atoms with van der Waals surface area (Å²) in [5.41, 5.74) is 8.91. The molecule has 1 heterocycles. The number of aromatic hydroxyl groups is 1. The molecule has 4 aromatic rings. The smallest absolute Gasteiger partial charge is 0.115 e. The Morgan fingerprint density at radius 1 is 0.735 bits per heavy atom. The lowest BCUT2D eigenvalue weighted by Crippen LogP contribution is -2.32. The summed E-state index contributed by atoms with van der Waals surface area (Å²) >= 11 is 0. The van der Waals surface area contributed by atoms with E-state index in [0.29, 0.717) is 17.7 Å². The van der Waals surface area contributed by atoms with Gasteiger partial charge in [0, 0.05) is 23.3 Å². The standard InChI is InChI=1S/C32H29NO/c34-27-18-16-26(17-19-27)33-31-14-8-7-13-28(31)30-22-23(15-20-32(30)33)21-29(24-9-3-1-4-10-24)25-11-5-2-6-12-25/h1-6,9-12,15-22,28,31,34H,7-8,13-14H2. The number of hydrogen-bond donors (Lipinski definition) is 1. The van der Waals surface area contributed by atoms with Gasteiger partial charge in [-0.2, -0.15) is 0 Å². The second-order valence-corrected chi connectivity index (χ2v) is 9.45. The van der Waals surface area contributed by atoms with Crippen LogP contribution in [0.2, 0.25) is 0 Å². The van der Waals surface area contributed by atoms with Crippen LogP contribution in [0.15, 0.2) is 103 Å². The van der Waals surface area contributed by atoms with Crippen LogP contribution in [0.5, 0.6) is 5.75 Å². The molecule has 2 nitrogen and oxygen atoms in total. The van der Waals surface area contributed by atoms with Crippen LogP contribution in [-0.2, 0) is 0 Å². The lowest BCUT2D eigenvalue weighted by Gasteiger charge is -2.33. The second-order valence-electron chi connectivity index (χ2n) is 9.45. The van der Waals surface area contributed by atoms with E-state index in [0.717, 1.165) is 0 Å². The van der Waals surface area contributed by atoms with Gasteiger partial charge in [0.25, 0.3) is 0 Å². The Morgan fingerprint density at radius 2 is 1.38 bits per heavy atom. The first-order valence-electron chi connectivity index (χ1n) is 12.3. The van der Waals surface area contributed by atoms with Gasteiger partial charge in [0.15, 0.2) is 0 Å². The quantitative estimate of drug-likeness (QED) is 0.322. The molecular weight excluding hydrogens is 414 g/mol. The summed E-state index contributed by atoms with van der Waals surface area (Å²) < 4.78 is 0. The van der Waals surface area contributed by atoms with E-state index in [4.69, 9.17) is 0 Å². The van der Waals surface area contributed by atoms with Crippen molar-refractivity contribution in [2.45, 2.75) is 37.6 Å². The number of phenolic OH excluding ortho intramolecular Hbond substituents is 1. The van der Waals surface area contributed by atoms with E-state index in [2.05, 4.69) is 89.8 Å². The predicted octanol–water partition coefficient (Wildman–Crippen LogP) is 8.16. The van der Waals surface area contributed by atoms with Crippen molar-refractivity contribution in [3.05, 3.63) is 125 Å². The normalized spacial score (nSPS) is 18.8. The molecule has 0 aromatic heterocycles. The molecule has 2 heteroatoms. The van der Waals surface area contributed by atoms with Gasteiger partial charge in [-0.15, -0.1) is 0 Å². The predicted molar refractivity (Wildman–Crippen MR) is 142 cm³/mol. The van der Waals surface area contributed by atoms with Gasteiger partial charge in [-0.05, 0) is 83.1 Å². The molecule has 1 aliphatic carbocycles. The monoisotopic (exact) mass is 443 g/mol. The molecule has 0 spiro atoms.